The molecule has 80 valence electrons. The number of phenols is 1. The van der Waals surface area contributed by atoms with Crippen LogP contribution in [0.4, 0.5) is 0 Å². The fourth-order valence-electron chi connectivity index (χ4n) is 1.30. The molecular weight excluding hydrogens is 196 g/mol. The molecule has 0 bridgehead atoms. The predicted molar refractivity (Wildman–Crippen MR) is 54.0 cm³/mol. The second-order valence-corrected chi connectivity index (χ2v) is 3.47. The molecule has 0 aliphatic heterocycles. The third-order valence-corrected chi connectivity index (χ3v) is 2.08. The fourth-order valence-corrected chi connectivity index (χ4v) is 1.30. The average molecular weight is 208 g/mol. The Balaban J connectivity index is 2.97. The van der Waals surface area contributed by atoms with Crippen molar-refractivity contribution >= 4 is 12.3 Å². The number of rotatable bonds is 4. The molecule has 2 N–H and O–H groups in total. The summed E-state index contributed by atoms with van der Waals surface area (Å²) in [5.74, 6) is -1.59. The molecule has 0 saturated carbocycles. The second-order valence-electron chi connectivity index (χ2n) is 3.47. The van der Waals surface area contributed by atoms with Gasteiger partial charge in [0, 0.05) is 5.92 Å². The van der Waals surface area contributed by atoms with Gasteiger partial charge >= 0.3 is 5.97 Å². The molecule has 0 spiro atoms. The molecule has 0 aromatic heterocycles. The minimum absolute atomic E-state index is 0.134. The highest BCUT2D eigenvalue weighted by molar-refractivity contribution is 5.90. The first-order valence-electron chi connectivity index (χ1n) is 4.55. The number of aldehydes is 1. The molecule has 0 saturated heterocycles. The number of carbonyl (C=O) groups is 2. The van der Waals surface area contributed by atoms with Crippen LogP contribution in [-0.4, -0.2) is 22.5 Å². The summed E-state index contributed by atoms with van der Waals surface area (Å²) in [5.41, 5.74) is 0.593. The monoisotopic (exact) mass is 208 g/mol. The van der Waals surface area contributed by atoms with E-state index in [1.807, 2.05) is 0 Å². The van der Waals surface area contributed by atoms with E-state index >= 15 is 0 Å². The number of hydrogen-bond donors (Lipinski definition) is 2. The van der Waals surface area contributed by atoms with Crippen LogP contribution in [0.15, 0.2) is 18.2 Å². The highest BCUT2D eigenvalue weighted by atomic mass is 16.4. The summed E-state index contributed by atoms with van der Waals surface area (Å²) in [6, 6.07) is 4.33. The molecule has 1 rings (SSSR count). The molecule has 15 heavy (non-hydrogen) atoms. The molecule has 0 aliphatic carbocycles. The highest BCUT2D eigenvalue weighted by Gasteiger charge is 2.11. The lowest BCUT2D eigenvalue weighted by molar-refractivity contribution is -0.110. The lowest BCUT2D eigenvalue weighted by Gasteiger charge is -2.06. The first-order valence-corrected chi connectivity index (χ1v) is 4.55. The summed E-state index contributed by atoms with van der Waals surface area (Å²) in [7, 11) is 0. The van der Waals surface area contributed by atoms with Crippen molar-refractivity contribution in [2.45, 2.75) is 13.3 Å². The van der Waals surface area contributed by atoms with Gasteiger partial charge in [-0.25, -0.2) is 4.79 Å². The zero-order chi connectivity index (χ0) is 11.4. The van der Waals surface area contributed by atoms with Crippen molar-refractivity contribution in [2.24, 2.45) is 5.92 Å². The summed E-state index contributed by atoms with van der Waals surface area (Å²) >= 11 is 0. The van der Waals surface area contributed by atoms with Crippen LogP contribution in [0.1, 0.15) is 22.8 Å². The molecule has 1 aromatic rings. The quantitative estimate of drug-likeness (QED) is 0.735. The van der Waals surface area contributed by atoms with Crippen molar-refractivity contribution < 1.29 is 19.8 Å². The molecule has 0 amide bonds. The number of benzene rings is 1. The Hall–Kier alpha value is -1.84. The molecule has 1 atom stereocenters. The van der Waals surface area contributed by atoms with Crippen LogP contribution in [0.2, 0.25) is 0 Å². The van der Waals surface area contributed by atoms with Crippen molar-refractivity contribution in [1.29, 1.82) is 0 Å². The van der Waals surface area contributed by atoms with Crippen LogP contribution in [0.5, 0.6) is 5.75 Å². The standard InChI is InChI=1S/C11H12O4/c1-7(6-12)4-8-2-3-10(13)9(5-8)11(14)15/h2-3,5-7,13H,4H2,1H3,(H,14,15). The first-order chi connectivity index (χ1) is 7.04. The molecule has 0 fully saturated rings. The summed E-state index contributed by atoms with van der Waals surface area (Å²) < 4.78 is 0. The minimum atomic E-state index is -1.17. The molecular formula is C11H12O4. The summed E-state index contributed by atoms with van der Waals surface area (Å²) in [6.45, 7) is 1.75. The van der Waals surface area contributed by atoms with E-state index in [4.69, 9.17) is 5.11 Å². The lowest BCUT2D eigenvalue weighted by atomic mass is 10.0. The zero-order valence-corrected chi connectivity index (χ0v) is 8.30. The van der Waals surface area contributed by atoms with Gasteiger partial charge in [0.25, 0.3) is 0 Å². The molecule has 0 aliphatic rings. The van der Waals surface area contributed by atoms with Crippen LogP contribution < -0.4 is 0 Å². The number of carboxylic acid groups (broad SMARTS) is 1. The summed E-state index contributed by atoms with van der Waals surface area (Å²) in [4.78, 5) is 21.1. The first kappa shape index (κ1) is 11.2. The predicted octanol–water partition coefficient (Wildman–Crippen LogP) is 1.47. The van der Waals surface area contributed by atoms with Gasteiger partial charge < -0.3 is 15.0 Å². The Morgan fingerprint density at radius 3 is 2.73 bits per heavy atom. The van der Waals surface area contributed by atoms with Crippen LogP contribution >= 0.6 is 0 Å². The van der Waals surface area contributed by atoms with Crippen molar-refractivity contribution in [1.82, 2.24) is 0 Å². The van der Waals surface area contributed by atoms with E-state index in [-0.39, 0.29) is 17.2 Å². The van der Waals surface area contributed by atoms with E-state index < -0.39 is 5.97 Å². The van der Waals surface area contributed by atoms with Crippen LogP contribution in [0.3, 0.4) is 0 Å². The molecule has 0 radical (unpaired) electrons. The van der Waals surface area contributed by atoms with Crippen LogP contribution in [0.25, 0.3) is 0 Å². The van der Waals surface area contributed by atoms with E-state index in [0.29, 0.717) is 6.42 Å². The van der Waals surface area contributed by atoms with Gasteiger partial charge in [-0.2, -0.15) is 0 Å². The largest absolute Gasteiger partial charge is 0.507 e. The summed E-state index contributed by atoms with van der Waals surface area (Å²) in [5, 5.41) is 18.0. The number of aromatic carboxylic acids is 1. The van der Waals surface area contributed by atoms with E-state index in [0.717, 1.165) is 11.8 Å². The topological polar surface area (TPSA) is 74.6 Å². The van der Waals surface area contributed by atoms with Gasteiger partial charge in [0.1, 0.15) is 17.6 Å². The number of aromatic hydroxyl groups is 1. The van der Waals surface area contributed by atoms with Gasteiger partial charge in [0.2, 0.25) is 0 Å². The smallest absolute Gasteiger partial charge is 0.339 e. The SMILES string of the molecule is CC(C=O)Cc1ccc(O)c(C(=O)O)c1. The Bertz CT molecular complexity index is 384. The average Bonchev–Trinajstić information content (AvgIpc) is 2.20. The Morgan fingerprint density at radius 1 is 1.53 bits per heavy atom. The van der Waals surface area contributed by atoms with Crippen LogP contribution in [-0.2, 0) is 11.2 Å². The maximum Gasteiger partial charge on any atom is 0.339 e. The zero-order valence-electron chi connectivity index (χ0n) is 8.30. The molecule has 0 heterocycles. The number of carboxylic acids is 1. The van der Waals surface area contributed by atoms with Crippen molar-refractivity contribution in [3.05, 3.63) is 29.3 Å². The van der Waals surface area contributed by atoms with Crippen molar-refractivity contribution in [3.8, 4) is 5.75 Å². The molecule has 4 heteroatoms. The minimum Gasteiger partial charge on any atom is -0.507 e. The number of hydrogen-bond acceptors (Lipinski definition) is 3. The molecule has 1 unspecified atom stereocenters. The van der Waals surface area contributed by atoms with Crippen molar-refractivity contribution in [2.75, 3.05) is 0 Å². The normalized spacial score (nSPS) is 12.1. The third kappa shape index (κ3) is 2.80. The Kier molecular flexibility index (Phi) is 3.44. The molecule has 4 nitrogen and oxygen atoms in total. The van der Waals surface area contributed by atoms with E-state index in [2.05, 4.69) is 0 Å². The Morgan fingerprint density at radius 2 is 2.20 bits per heavy atom. The number of carbonyl (C=O) groups excluding carboxylic acids is 1. The van der Waals surface area contributed by atoms with Gasteiger partial charge in [-0.05, 0) is 24.1 Å². The van der Waals surface area contributed by atoms with Gasteiger partial charge in [0.15, 0.2) is 0 Å². The third-order valence-electron chi connectivity index (χ3n) is 2.08. The van der Waals surface area contributed by atoms with E-state index in [1.54, 1.807) is 13.0 Å². The van der Waals surface area contributed by atoms with Gasteiger partial charge in [-0.3, -0.25) is 0 Å². The van der Waals surface area contributed by atoms with Gasteiger partial charge in [-0.15, -0.1) is 0 Å². The maximum absolute atomic E-state index is 10.7. The van der Waals surface area contributed by atoms with Gasteiger partial charge in [-0.1, -0.05) is 13.0 Å². The second kappa shape index (κ2) is 4.59. The molecule has 1 aromatic carbocycles. The van der Waals surface area contributed by atoms with E-state index in [9.17, 15) is 14.7 Å². The van der Waals surface area contributed by atoms with Crippen molar-refractivity contribution in [3.63, 3.8) is 0 Å². The van der Waals surface area contributed by atoms with E-state index in [1.165, 1.54) is 12.1 Å². The van der Waals surface area contributed by atoms with Crippen LogP contribution in [0, 0.1) is 5.92 Å². The highest BCUT2D eigenvalue weighted by Crippen LogP contribution is 2.19. The fraction of sp³-hybridized carbons (Fsp3) is 0.273. The Labute approximate surface area is 87.2 Å². The summed E-state index contributed by atoms with van der Waals surface area (Å²) in [6.07, 6.45) is 1.29. The lowest BCUT2D eigenvalue weighted by Crippen LogP contribution is -2.03. The maximum atomic E-state index is 10.7. The van der Waals surface area contributed by atoms with Gasteiger partial charge in [0.05, 0.1) is 0 Å².